The quantitative estimate of drug-likeness (QED) is 0.354. The largest absolute Gasteiger partial charge is 0.479 e. The fourth-order valence-corrected chi connectivity index (χ4v) is 5.79. The van der Waals surface area contributed by atoms with Crippen LogP contribution < -0.4 is 0 Å². The molecule has 0 bridgehead atoms. The van der Waals surface area contributed by atoms with Crippen LogP contribution in [0.15, 0.2) is 24.5 Å². The first-order valence-electron chi connectivity index (χ1n) is 12.1. The molecule has 2 aliphatic heterocycles. The highest BCUT2D eigenvalue weighted by Gasteiger charge is 2.43. The van der Waals surface area contributed by atoms with Crippen molar-refractivity contribution in [2.75, 3.05) is 40.3 Å². The molecule has 0 saturated carbocycles. The summed E-state index contributed by atoms with van der Waals surface area (Å²) in [4.78, 5) is 37.3. The Labute approximate surface area is 222 Å². The topological polar surface area (TPSA) is 166 Å². The van der Waals surface area contributed by atoms with Gasteiger partial charge in [0.2, 0.25) is 5.91 Å². The van der Waals surface area contributed by atoms with Crippen molar-refractivity contribution in [2.24, 2.45) is 5.92 Å². The van der Waals surface area contributed by atoms with Crippen molar-refractivity contribution in [3.8, 4) is 0 Å². The second kappa shape index (κ2) is 12.8. The number of piperidine rings is 1. The van der Waals surface area contributed by atoms with Crippen LogP contribution in [0.5, 0.6) is 0 Å². The highest BCUT2D eigenvalue weighted by molar-refractivity contribution is 7.10. The molecule has 38 heavy (non-hydrogen) atoms. The summed E-state index contributed by atoms with van der Waals surface area (Å²) in [5, 5.41) is 36.7. The number of ether oxygens (including phenoxy) is 1. The maximum Gasteiger partial charge on any atom is 0.335 e. The van der Waals surface area contributed by atoms with E-state index in [-0.39, 0.29) is 22.6 Å². The van der Waals surface area contributed by atoms with E-state index in [9.17, 15) is 18.8 Å². The number of nitrogens with zero attached hydrogens (tertiary/aromatic N) is 4. The van der Waals surface area contributed by atoms with E-state index in [1.165, 1.54) is 11.3 Å². The average molecular weight is 557 g/mol. The number of hydrogen-bond donors (Lipinski definition) is 4. The summed E-state index contributed by atoms with van der Waals surface area (Å²) in [5.41, 5.74) is 0.767. The van der Waals surface area contributed by atoms with E-state index in [2.05, 4.69) is 10.00 Å². The minimum absolute atomic E-state index is 0.117. The number of aliphatic hydroxyl groups is 2. The first kappa shape index (κ1) is 29.6. The molecular formula is C24H33FN4O8S. The minimum atomic E-state index is -2.27. The summed E-state index contributed by atoms with van der Waals surface area (Å²) in [6.07, 6.45) is 1.57. The molecule has 0 radical (unpaired) electrons. The van der Waals surface area contributed by atoms with Gasteiger partial charge in [-0.2, -0.15) is 9.49 Å². The van der Waals surface area contributed by atoms with E-state index in [1.54, 1.807) is 31.3 Å². The lowest BCUT2D eigenvalue weighted by atomic mass is 9.85. The Balaban J connectivity index is 0.000000342. The third-order valence-corrected chi connectivity index (χ3v) is 7.80. The zero-order valence-corrected chi connectivity index (χ0v) is 22.0. The molecule has 14 heteroatoms. The van der Waals surface area contributed by atoms with E-state index in [1.807, 2.05) is 16.9 Å². The van der Waals surface area contributed by atoms with Crippen molar-refractivity contribution in [2.45, 2.75) is 43.6 Å². The van der Waals surface area contributed by atoms with Crippen LogP contribution in [0.1, 0.15) is 23.3 Å². The minimum Gasteiger partial charge on any atom is -0.479 e. The molecule has 0 aliphatic carbocycles. The SMILES string of the molecule is CN(C)C(=O)[C@@H](CN1CCC2(CC1)OCCc1cc(F)sc12)Cn1cccn1.O=C(O)[C@H](O)[C@@H](O)C(=O)O. The van der Waals surface area contributed by atoms with Gasteiger partial charge in [0.25, 0.3) is 0 Å². The van der Waals surface area contributed by atoms with Gasteiger partial charge >= 0.3 is 11.9 Å². The molecule has 2 aromatic heterocycles. The van der Waals surface area contributed by atoms with Crippen molar-refractivity contribution < 1.29 is 43.9 Å². The number of carboxylic acids is 2. The summed E-state index contributed by atoms with van der Waals surface area (Å²) in [7, 11) is 3.60. The molecule has 1 spiro atoms. The summed E-state index contributed by atoms with van der Waals surface area (Å²) in [6, 6.07) is 3.55. The van der Waals surface area contributed by atoms with E-state index < -0.39 is 24.1 Å². The van der Waals surface area contributed by atoms with Crippen molar-refractivity contribution in [3.05, 3.63) is 40.1 Å². The van der Waals surface area contributed by atoms with Crippen molar-refractivity contribution >= 4 is 29.2 Å². The lowest BCUT2D eigenvalue weighted by Crippen LogP contribution is -2.49. The van der Waals surface area contributed by atoms with Crippen molar-refractivity contribution in [3.63, 3.8) is 0 Å². The lowest BCUT2D eigenvalue weighted by molar-refractivity contribution is -0.165. The average Bonchev–Trinajstić information content (AvgIpc) is 3.53. The summed E-state index contributed by atoms with van der Waals surface area (Å²) >= 11 is 1.24. The Hall–Kier alpha value is -2.91. The van der Waals surface area contributed by atoms with Crippen LogP contribution in [0.2, 0.25) is 0 Å². The van der Waals surface area contributed by atoms with Crippen molar-refractivity contribution in [1.82, 2.24) is 19.6 Å². The van der Waals surface area contributed by atoms with Crippen LogP contribution in [0.3, 0.4) is 0 Å². The number of carbonyl (C=O) groups excluding carboxylic acids is 1. The Kier molecular flexibility index (Phi) is 9.95. The van der Waals surface area contributed by atoms with Gasteiger partial charge in [-0.25, -0.2) is 9.59 Å². The molecule has 0 unspecified atom stereocenters. The maximum atomic E-state index is 13.8. The van der Waals surface area contributed by atoms with Crippen molar-refractivity contribution in [1.29, 1.82) is 0 Å². The van der Waals surface area contributed by atoms with Crippen LogP contribution in [0, 0.1) is 11.0 Å². The molecule has 4 N–H and O–H groups in total. The van der Waals surface area contributed by atoms with E-state index in [0.29, 0.717) is 19.7 Å². The van der Waals surface area contributed by atoms with Gasteiger partial charge in [0.1, 0.15) is 5.60 Å². The van der Waals surface area contributed by atoms with Gasteiger partial charge in [-0.15, -0.1) is 11.3 Å². The Morgan fingerprint density at radius 3 is 2.32 bits per heavy atom. The predicted molar refractivity (Wildman–Crippen MR) is 133 cm³/mol. The number of likely N-dealkylation sites (tertiary alicyclic amines) is 1. The number of hydrogen-bond acceptors (Lipinski definition) is 9. The van der Waals surface area contributed by atoms with Gasteiger partial charge < -0.3 is 35.0 Å². The van der Waals surface area contributed by atoms with Gasteiger partial charge in [-0.05, 0) is 37.0 Å². The Morgan fingerprint density at radius 2 is 1.79 bits per heavy atom. The first-order chi connectivity index (χ1) is 17.9. The number of amides is 1. The number of thiophene rings is 1. The number of carbonyl (C=O) groups is 3. The normalized spacial score (nSPS) is 19.0. The number of aromatic nitrogens is 2. The molecule has 12 nitrogen and oxygen atoms in total. The number of fused-ring (bicyclic) bond motifs is 2. The number of aliphatic carboxylic acids is 2. The number of carboxylic acid groups (broad SMARTS) is 2. The lowest BCUT2D eigenvalue weighted by Gasteiger charge is -2.44. The number of halogens is 1. The molecule has 3 atom stereocenters. The predicted octanol–water partition coefficient (Wildman–Crippen LogP) is 0.230. The molecule has 210 valence electrons. The van der Waals surface area contributed by atoms with Gasteiger partial charge in [0, 0.05) is 51.0 Å². The van der Waals surface area contributed by atoms with Gasteiger partial charge in [0.15, 0.2) is 17.3 Å². The fraction of sp³-hybridized carbons (Fsp3) is 0.583. The summed E-state index contributed by atoms with van der Waals surface area (Å²) in [6.45, 7) is 3.61. The molecule has 1 amide bonds. The zero-order valence-electron chi connectivity index (χ0n) is 21.2. The van der Waals surface area contributed by atoms with Crippen LogP contribution in [0.25, 0.3) is 0 Å². The third-order valence-electron chi connectivity index (χ3n) is 6.65. The monoisotopic (exact) mass is 556 g/mol. The highest BCUT2D eigenvalue weighted by Crippen LogP contribution is 2.45. The standard InChI is InChI=1S/C20H27FN4O2S.C4H6O6/c1-23(2)19(26)16(14-25-8-3-7-22-25)13-24-9-5-20(6-10-24)18-15(4-11-27-20)12-17(21)28-18;5-1(3(7)8)2(6)4(9)10/h3,7-8,12,16H,4-6,9-11,13-14H2,1-2H3;1-2,5-6H,(H,7,8)(H,9,10)/t16-;1-,2-/m01/s1. The van der Waals surface area contributed by atoms with E-state index in [0.717, 1.165) is 42.8 Å². The maximum absolute atomic E-state index is 13.8. The van der Waals surface area contributed by atoms with Gasteiger partial charge in [-0.1, -0.05) is 0 Å². The van der Waals surface area contributed by atoms with Gasteiger partial charge in [0.05, 0.1) is 19.1 Å². The molecule has 2 aromatic rings. The zero-order chi connectivity index (χ0) is 28.0. The van der Waals surface area contributed by atoms with Gasteiger partial charge in [-0.3, -0.25) is 9.48 Å². The second-order valence-electron chi connectivity index (χ2n) is 9.52. The first-order valence-corrected chi connectivity index (χ1v) is 12.9. The van der Waals surface area contributed by atoms with Crippen LogP contribution >= 0.6 is 11.3 Å². The Morgan fingerprint density at radius 1 is 1.16 bits per heavy atom. The van der Waals surface area contributed by atoms with Crippen LogP contribution in [0.4, 0.5) is 4.39 Å². The second-order valence-corrected chi connectivity index (χ2v) is 10.5. The molecule has 1 saturated heterocycles. The van der Waals surface area contributed by atoms with Crippen LogP contribution in [-0.4, -0.2) is 110 Å². The highest BCUT2D eigenvalue weighted by atomic mass is 32.1. The molecule has 4 rings (SSSR count). The van der Waals surface area contributed by atoms with Crippen LogP contribution in [-0.2, 0) is 37.7 Å². The molecular weight excluding hydrogens is 523 g/mol. The third kappa shape index (κ3) is 7.14. The molecule has 0 aromatic carbocycles. The summed E-state index contributed by atoms with van der Waals surface area (Å²) < 4.78 is 21.8. The smallest absolute Gasteiger partial charge is 0.335 e. The number of rotatable bonds is 8. The number of aliphatic hydroxyl groups excluding tert-OH is 2. The van der Waals surface area contributed by atoms with E-state index in [4.69, 9.17) is 25.2 Å². The Bertz CT molecular complexity index is 1080. The molecule has 4 heterocycles. The fourth-order valence-electron chi connectivity index (χ4n) is 4.65. The molecule has 2 aliphatic rings. The van der Waals surface area contributed by atoms with E-state index >= 15 is 0 Å². The molecule has 1 fully saturated rings. The summed E-state index contributed by atoms with van der Waals surface area (Å²) in [5.74, 6) is -3.57.